The lowest BCUT2D eigenvalue weighted by atomic mass is 9.89. The average molecular weight is 445 g/mol. The SMILES string of the molecule is CN=C(NCC1(C)CCCC1)N1CCC(Cc2cnn(C)c2)C1.I. The van der Waals surface area contributed by atoms with Gasteiger partial charge in [0.05, 0.1) is 6.20 Å². The molecular formula is C18H32IN5. The summed E-state index contributed by atoms with van der Waals surface area (Å²) in [6.07, 6.45) is 12.0. The number of aromatic nitrogens is 2. The topological polar surface area (TPSA) is 45.5 Å². The quantitative estimate of drug-likeness (QED) is 0.440. The van der Waals surface area contributed by atoms with Crippen molar-refractivity contribution in [1.82, 2.24) is 20.0 Å². The zero-order chi connectivity index (χ0) is 16.3. The van der Waals surface area contributed by atoms with Crippen molar-refractivity contribution in [2.75, 3.05) is 26.7 Å². The number of halogens is 1. The van der Waals surface area contributed by atoms with Gasteiger partial charge in [-0.2, -0.15) is 5.10 Å². The van der Waals surface area contributed by atoms with Crippen molar-refractivity contribution in [3.63, 3.8) is 0 Å². The van der Waals surface area contributed by atoms with E-state index in [2.05, 4.69) is 33.4 Å². The zero-order valence-electron chi connectivity index (χ0n) is 15.3. The van der Waals surface area contributed by atoms with Gasteiger partial charge in [0.1, 0.15) is 0 Å². The van der Waals surface area contributed by atoms with Crippen LogP contribution in [0.4, 0.5) is 0 Å². The van der Waals surface area contributed by atoms with Gasteiger partial charge in [-0.3, -0.25) is 9.67 Å². The van der Waals surface area contributed by atoms with Crippen LogP contribution >= 0.6 is 24.0 Å². The van der Waals surface area contributed by atoms with Crippen molar-refractivity contribution in [2.45, 2.75) is 45.4 Å². The van der Waals surface area contributed by atoms with Crippen LogP contribution in [0.5, 0.6) is 0 Å². The maximum atomic E-state index is 4.52. The molecule has 3 rings (SSSR count). The van der Waals surface area contributed by atoms with E-state index in [-0.39, 0.29) is 24.0 Å². The summed E-state index contributed by atoms with van der Waals surface area (Å²) in [7, 11) is 3.90. The Morgan fingerprint density at radius 1 is 1.42 bits per heavy atom. The highest BCUT2D eigenvalue weighted by Gasteiger charge is 2.30. The van der Waals surface area contributed by atoms with Gasteiger partial charge < -0.3 is 10.2 Å². The van der Waals surface area contributed by atoms with Crippen LogP contribution in [0.3, 0.4) is 0 Å². The molecule has 1 saturated heterocycles. The zero-order valence-corrected chi connectivity index (χ0v) is 17.6. The summed E-state index contributed by atoms with van der Waals surface area (Å²) < 4.78 is 1.89. The Labute approximate surface area is 163 Å². The molecule has 0 spiro atoms. The van der Waals surface area contributed by atoms with Gasteiger partial charge in [0.15, 0.2) is 5.96 Å². The molecule has 0 amide bonds. The standard InChI is InChI=1S/C18H31N5.HI/c1-18(7-4-5-8-18)14-20-17(19-2)23-9-6-15(13-23)10-16-11-21-22(3)12-16;/h11-12,15H,4-10,13-14H2,1-3H3,(H,19,20);1H. The van der Waals surface area contributed by atoms with Crippen LogP contribution in [0, 0.1) is 11.3 Å². The Kier molecular flexibility index (Phi) is 6.95. The highest BCUT2D eigenvalue weighted by molar-refractivity contribution is 14.0. The molecule has 2 fully saturated rings. The van der Waals surface area contributed by atoms with E-state index >= 15 is 0 Å². The van der Waals surface area contributed by atoms with E-state index in [4.69, 9.17) is 0 Å². The van der Waals surface area contributed by atoms with Gasteiger partial charge in [-0.05, 0) is 42.6 Å². The second-order valence-electron chi connectivity index (χ2n) is 7.75. The number of aryl methyl sites for hydroxylation is 1. The summed E-state index contributed by atoms with van der Waals surface area (Å²) in [5.74, 6) is 1.80. The van der Waals surface area contributed by atoms with Crippen LogP contribution in [-0.2, 0) is 13.5 Å². The second kappa shape index (κ2) is 8.54. The van der Waals surface area contributed by atoms with E-state index in [9.17, 15) is 0 Å². The number of hydrogen-bond donors (Lipinski definition) is 1. The van der Waals surface area contributed by atoms with Crippen molar-refractivity contribution in [2.24, 2.45) is 23.4 Å². The van der Waals surface area contributed by atoms with Crippen molar-refractivity contribution >= 4 is 29.9 Å². The number of likely N-dealkylation sites (tertiary alicyclic amines) is 1. The Hall–Kier alpha value is -0.790. The van der Waals surface area contributed by atoms with Crippen LogP contribution in [-0.4, -0.2) is 47.3 Å². The monoisotopic (exact) mass is 445 g/mol. The largest absolute Gasteiger partial charge is 0.356 e. The molecule has 0 bridgehead atoms. The molecule has 0 radical (unpaired) electrons. The summed E-state index contributed by atoms with van der Waals surface area (Å²) in [6.45, 7) is 5.69. The fraction of sp³-hybridized carbons (Fsp3) is 0.778. The van der Waals surface area contributed by atoms with Crippen LogP contribution < -0.4 is 5.32 Å². The molecule has 2 heterocycles. The van der Waals surface area contributed by atoms with Crippen molar-refractivity contribution in [1.29, 1.82) is 0 Å². The lowest BCUT2D eigenvalue weighted by Gasteiger charge is -2.28. The number of nitrogens with one attached hydrogen (secondary N) is 1. The van der Waals surface area contributed by atoms with Crippen molar-refractivity contribution in [3.05, 3.63) is 18.0 Å². The van der Waals surface area contributed by atoms with Gasteiger partial charge in [0, 0.05) is 39.9 Å². The Balaban J connectivity index is 0.00000208. The van der Waals surface area contributed by atoms with Crippen molar-refractivity contribution in [3.8, 4) is 0 Å². The molecule has 24 heavy (non-hydrogen) atoms. The predicted octanol–water partition coefficient (Wildman–Crippen LogP) is 3.06. The molecule has 1 unspecified atom stereocenters. The minimum Gasteiger partial charge on any atom is -0.356 e. The number of nitrogens with zero attached hydrogens (tertiary/aromatic N) is 4. The molecule has 1 atom stereocenters. The van der Waals surface area contributed by atoms with E-state index in [0.717, 1.165) is 32.0 Å². The van der Waals surface area contributed by atoms with Crippen LogP contribution in [0.15, 0.2) is 17.4 Å². The van der Waals surface area contributed by atoms with Crippen LogP contribution in [0.2, 0.25) is 0 Å². The highest BCUT2D eigenvalue weighted by atomic mass is 127. The molecule has 2 aliphatic rings. The Morgan fingerprint density at radius 3 is 2.79 bits per heavy atom. The van der Waals surface area contributed by atoms with Gasteiger partial charge >= 0.3 is 0 Å². The van der Waals surface area contributed by atoms with Gasteiger partial charge in [-0.25, -0.2) is 0 Å². The fourth-order valence-electron chi connectivity index (χ4n) is 4.13. The Bertz CT molecular complexity index is 547. The van der Waals surface area contributed by atoms with Gasteiger partial charge in [-0.1, -0.05) is 19.8 Å². The summed E-state index contributed by atoms with van der Waals surface area (Å²) in [5, 5.41) is 7.92. The first-order valence-electron chi connectivity index (χ1n) is 9.01. The number of hydrogen-bond acceptors (Lipinski definition) is 2. The molecule has 6 heteroatoms. The lowest BCUT2D eigenvalue weighted by Crippen LogP contribution is -2.44. The third-order valence-electron chi connectivity index (χ3n) is 5.56. The summed E-state index contributed by atoms with van der Waals surface area (Å²) in [5.41, 5.74) is 1.81. The van der Waals surface area contributed by atoms with Crippen molar-refractivity contribution < 1.29 is 0 Å². The first kappa shape index (κ1) is 19.5. The maximum Gasteiger partial charge on any atom is 0.193 e. The normalized spacial score (nSPS) is 23.4. The predicted molar refractivity (Wildman–Crippen MR) is 110 cm³/mol. The summed E-state index contributed by atoms with van der Waals surface area (Å²) in [6, 6.07) is 0. The van der Waals surface area contributed by atoms with E-state index in [1.54, 1.807) is 0 Å². The molecule has 1 N–H and O–H groups in total. The molecule has 1 aliphatic heterocycles. The molecule has 0 aromatic carbocycles. The van der Waals surface area contributed by atoms with E-state index in [1.807, 2.05) is 25.0 Å². The minimum absolute atomic E-state index is 0. The minimum atomic E-state index is 0. The Morgan fingerprint density at radius 2 is 2.17 bits per heavy atom. The first-order chi connectivity index (χ1) is 11.1. The molecule has 1 aromatic rings. The van der Waals surface area contributed by atoms with Crippen LogP contribution in [0.1, 0.15) is 44.6 Å². The molecule has 1 aliphatic carbocycles. The third kappa shape index (κ3) is 4.86. The average Bonchev–Trinajstić information content (AvgIpc) is 3.24. The van der Waals surface area contributed by atoms with Gasteiger partial charge in [0.25, 0.3) is 0 Å². The third-order valence-corrected chi connectivity index (χ3v) is 5.56. The lowest BCUT2D eigenvalue weighted by molar-refractivity contribution is 0.327. The highest BCUT2D eigenvalue weighted by Crippen LogP contribution is 2.36. The van der Waals surface area contributed by atoms with E-state index in [0.29, 0.717) is 11.3 Å². The second-order valence-corrected chi connectivity index (χ2v) is 7.75. The molecule has 136 valence electrons. The van der Waals surface area contributed by atoms with Gasteiger partial charge in [0.2, 0.25) is 0 Å². The number of aliphatic imine (C=N–C) groups is 1. The fourth-order valence-corrected chi connectivity index (χ4v) is 4.13. The maximum absolute atomic E-state index is 4.52. The smallest absolute Gasteiger partial charge is 0.193 e. The van der Waals surface area contributed by atoms with E-state index < -0.39 is 0 Å². The first-order valence-corrected chi connectivity index (χ1v) is 9.01. The number of rotatable bonds is 4. The molecule has 1 saturated carbocycles. The van der Waals surface area contributed by atoms with E-state index in [1.165, 1.54) is 37.7 Å². The molecular weight excluding hydrogens is 413 g/mol. The molecule has 1 aromatic heterocycles. The van der Waals surface area contributed by atoms with Crippen LogP contribution in [0.25, 0.3) is 0 Å². The van der Waals surface area contributed by atoms with Gasteiger partial charge in [-0.15, -0.1) is 24.0 Å². The summed E-state index contributed by atoms with van der Waals surface area (Å²) in [4.78, 5) is 6.95. The number of guanidine groups is 1. The molecule has 5 nitrogen and oxygen atoms in total. The summed E-state index contributed by atoms with van der Waals surface area (Å²) >= 11 is 0.